The number of hydrogen-bond acceptors (Lipinski definition) is 2. The fraction of sp³-hybridized carbons (Fsp3) is 0.250. The second-order valence-electron chi connectivity index (χ2n) is 5.80. The molecule has 0 aliphatic rings. The molecule has 0 saturated carbocycles. The van der Waals surface area contributed by atoms with Gasteiger partial charge in [-0.1, -0.05) is 37.3 Å². The molecule has 0 atom stereocenters. The van der Waals surface area contributed by atoms with Crippen molar-refractivity contribution in [3.63, 3.8) is 0 Å². The number of aryl methyl sites for hydroxylation is 2. The first kappa shape index (κ1) is 15.3. The second kappa shape index (κ2) is 6.69. The average Bonchev–Trinajstić information content (AvgIpc) is 2.88. The molecule has 0 fully saturated rings. The number of nitrogens with one attached hydrogen (secondary N) is 1. The molecule has 3 rings (SSSR count). The average molecular weight is 305 g/mol. The van der Waals surface area contributed by atoms with E-state index in [2.05, 4.69) is 62.5 Å². The number of para-hydroxylation sites is 1. The van der Waals surface area contributed by atoms with Crippen LogP contribution in [0.5, 0.6) is 0 Å². The van der Waals surface area contributed by atoms with E-state index in [0.717, 1.165) is 30.0 Å². The van der Waals surface area contributed by atoms with Crippen LogP contribution < -0.4 is 5.32 Å². The van der Waals surface area contributed by atoms with E-state index >= 15 is 0 Å². The molecule has 0 aliphatic carbocycles. The minimum atomic E-state index is 0.788. The lowest BCUT2D eigenvalue weighted by atomic mass is 10.1. The summed E-state index contributed by atoms with van der Waals surface area (Å²) < 4.78 is 2.02. The van der Waals surface area contributed by atoms with Crippen molar-refractivity contribution in [3.8, 4) is 5.69 Å². The van der Waals surface area contributed by atoms with Crippen molar-refractivity contribution in [2.24, 2.45) is 0 Å². The lowest BCUT2D eigenvalue weighted by molar-refractivity contribution is 0.833. The summed E-state index contributed by atoms with van der Waals surface area (Å²) in [6, 6.07) is 18.9. The van der Waals surface area contributed by atoms with Crippen LogP contribution in [-0.2, 0) is 13.0 Å². The Bertz CT molecular complexity index is 771. The summed E-state index contributed by atoms with van der Waals surface area (Å²) in [6.45, 7) is 7.16. The molecular weight excluding hydrogens is 282 g/mol. The summed E-state index contributed by atoms with van der Waals surface area (Å²) in [5.74, 6) is 0. The van der Waals surface area contributed by atoms with Gasteiger partial charge in [-0.3, -0.25) is 0 Å². The van der Waals surface area contributed by atoms with E-state index in [0.29, 0.717) is 0 Å². The van der Waals surface area contributed by atoms with E-state index in [1.54, 1.807) is 0 Å². The smallest absolute Gasteiger partial charge is 0.0650 e. The van der Waals surface area contributed by atoms with Crippen molar-refractivity contribution in [3.05, 3.63) is 77.1 Å². The zero-order valence-corrected chi connectivity index (χ0v) is 14.0. The molecule has 0 spiro atoms. The first-order valence-corrected chi connectivity index (χ1v) is 8.12. The maximum atomic E-state index is 4.70. The summed E-state index contributed by atoms with van der Waals surface area (Å²) in [6.07, 6.45) is 1.07. The maximum Gasteiger partial charge on any atom is 0.0650 e. The molecule has 118 valence electrons. The van der Waals surface area contributed by atoms with Crippen LogP contribution in [0.3, 0.4) is 0 Å². The van der Waals surface area contributed by atoms with Gasteiger partial charge >= 0.3 is 0 Å². The predicted octanol–water partition coefficient (Wildman–Crippen LogP) is 4.66. The Balaban J connectivity index is 1.79. The molecule has 1 aromatic heterocycles. The third-order valence-electron chi connectivity index (χ3n) is 4.27. The highest BCUT2D eigenvalue weighted by Gasteiger charge is 2.12. The number of rotatable bonds is 5. The Morgan fingerprint density at radius 2 is 1.65 bits per heavy atom. The maximum absolute atomic E-state index is 4.70. The van der Waals surface area contributed by atoms with Gasteiger partial charge in [-0.05, 0) is 50.1 Å². The monoisotopic (exact) mass is 305 g/mol. The third-order valence-corrected chi connectivity index (χ3v) is 4.27. The summed E-state index contributed by atoms with van der Waals surface area (Å²) in [4.78, 5) is 0. The SMILES string of the molecule is CCc1ccc(NCc2c(C)nn(-c3ccccc3)c2C)cc1. The highest BCUT2D eigenvalue weighted by Crippen LogP contribution is 2.19. The molecule has 1 heterocycles. The molecule has 1 N–H and O–H groups in total. The summed E-state index contributed by atoms with van der Waals surface area (Å²) in [5, 5.41) is 8.20. The molecule has 0 bridgehead atoms. The Hall–Kier alpha value is -2.55. The molecule has 3 aromatic rings. The second-order valence-corrected chi connectivity index (χ2v) is 5.80. The number of anilines is 1. The standard InChI is InChI=1S/C20H23N3/c1-4-17-10-12-18(13-11-17)21-14-20-15(2)22-23(16(20)3)19-8-6-5-7-9-19/h5-13,21H,4,14H2,1-3H3. The van der Waals surface area contributed by atoms with E-state index in [1.165, 1.54) is 16.8 Å². The van der Waals surface area contributed by atoms with Gasteiger partial charge in [0.05, 0.1) is 11.4 Å². The van der Waals surface area contributed by atoms with Gasteiger partial charge < -0.3 is 5.32 Å². The van der Waals surface area contributed by atoms with Crippen LogP contribution >= 0.6 is 0 Å². The van der Waals surface area contributed by atoms with Crippen LogP contribution in [0.1, 0.15) is 29.4 Å². The molecule has 0 radical (unpaired) electrons. The summed E-state index contributed by atoms with van der Waals surface area (Å²) >= 11 is 0. The van der Waals surface area contributed by atoms with E-state index in [1.807, 2.05) is 22.9 Å². The summed E-state index contributed by atoms with van der Waals surface area (Å²) in [5.41, 5.74) is 7.13. The fourth-order valence-electron chi connectivity index (χ4n) is 2.80. The van der Waals surface area contributed by atoms with Gasteiger partial charge in [0.2, 0.25) is 0 Å². The largest absolute Gasteiger partial charge is 0.381 e. The van der Waals surface area contributed by atoms with Crippen molar-refractivity contribution in [2.75, 3.05) is 5.32 Å². The highest BCUT2D eigenvalue weighted by molar-refractivity contribution is 5.46. The van der Waals surface area contributed by atoms with Crippen molar-refractivity contribution in [2.45, 2.75) is 33.7 Å². The van der Waals surface area contributed by atoms with E-state index in [4.69, 9.17) is 5.10 Å². The van der Waals surface area contributed by atoms with Gasteiger partial charge in [0, 0.05) is 23.5 Å². The van der Waals surface area contributed by atoms with Gasteiger partial charge in [-0.15, -0.1) is 0 Å². The van der Waals surface area contributed by atoms with Crippen molar-refractivity contribution < 1.29 is 0 Å². The lowest BCUT2D eigenvalue weighted by Crippen LogP contribution is -2.03. The van der Waals surface area contributed by atoms with Crippen LogP contribution in [0.25, 0.3) is 5.69 Å². The van der Waals surface area contributed by atoms with Gasteiger partial charge in [-0.25, -0.2) is 4.68 Å². The minimum Gasteiger partial charge on any atom is -0.381 e. The number of nitrogens with zero attached hydrogens (tertiary/aromatic N) is 2. The first-order chi connectivity index (χ1) is 11.2. The molecule has 0 amide bonds. The van der Waals surface area contributed by atoms with E-state index in [9.17, 15) is 0 Å². The Morgan fingerprint density at radius 3 is 2.30 bits per heavy atom. The van der Waals surface area contributed by atoms with Crippen molar-refractivity contribution in [1.29, 1.82) is 0 Å². The zero-order chi connectivity index (χ0) is 16.2. The predicted molar refractivity (Wildman–Crippen MR) is 96.2 cm³/mol. The number of hydrogen-bond donors (Lipinski definition) is 1. The van der Waals surface area contributed by atoms with Crippen LogP contribution in [0.2, 0.25) is 0 Å². The Kier molecular flexibility index (Phi) is 4.47. The number of benzene rings is 2. The molecule has 0 unspecified atom stereocenters. The van der Waals surface area contributed by atoms with E-state index in [-0.39, 0.29) is 0 Å². The molecule has 3 nitrogen and oxygen atoms in total. The van der Waals surface area contributed by atoms with Crippen molar-refractivity contribution >= 4 is 5.69 Å². The molecular formula is C20H23N3. The number of aromatic nitrogens is 2. The van der Waals surface area contributed by atoms with Gasteiger partial charge in [0.25, 0.3) is 0 Å². The first-order valence-electron chi connectivity index (χ1n) is 8.12. The Morgan fingerprint density at radius 1 is 0.957 bits per heavy atom. The normalized spacial score (nSPS) is 10.7. The quantitative estimate of drug-likeness (QED) is 0.742. The van der Waals surface area contributed by atoms with Crippen LogP contribution in [0, 0.1) is 13.8 Å². The fourth-order valence-corrected chi connectivity index (χ4v) is 2.80. The lowest BCUT2D eigenvalue weighted by Gasteiger charge is -2.08. The zero-order valence-electron chi connectivity index (χ0n) is 14.0. The minimum absolute atomic E-state index is 0.788. The Labute approximate surface area is 138 Å². The van der Waals surface area contributed by atoms with Crippen LogP contribution in [-0.4, -0.2) is 9.78 Å². The highest BCUT2D eigenvalue weighted by atomic mass is 15.3. The van der Waals surface area contributed by atoms with Crippen LogP contribution in [0.4, 0.5) is 5.69 Å². The van der Waals surface area contributed by atoms with E-state index < -0.39 is 0 Å². The summed E-state index contributed by atoms with van der Waals surface area (Å²) in [7, 11) is 0. The van der Waals surface area contributed by atoms with Crippen molar-refractivity contribution in [1.82, 2.24) is 9.78 Å². The van der Waals surface area contributed by atoms with Gasteiger partial charge in [0.1, 0.15) is 0 Å². The molecule has 2 aromatic carbocycles. The molecule has 23 heavy (non-hydrogen) atoms. The molecule has 3 heteroatoms. The topological polar surface area (TPSA) is 29.9 Å². The van der Waals surface area contributed by atoms with Gasteiger partial charge in [-0.2, -0.15) is 5.10 Å². The molecule has 0 aliphatic heterocycles. The molecule has 0 saturated heterocycles. The van der Waals surface area contributed by atoms with Gasteiger partial charge in [0.15, 0.2) is 0 Å². The van der Waals surface area contributed by atoms with Crippen LogP contribution in [0.15, 0.2) is 54.6 Å². The third kappa shape index (κ3) is 3.29.